The van der Waals surface area contributed by atoms with Crippen LogP contribution in [0.2, 0.25) is 0 Å². The Kier molecular flexibility index (Phi) is 7.79. The molecular weight excluding hydrogens is 376 g/mol. The summed E-state index contributed by atoms with van der Waals surface area (Å²) in [6.45, 7) is 3.78. The van der Waals surface area contributed by atoms with E-state index in [2.05, 4.69) is 43.3 Å². The molecule has 2 aromatic carbocycles. The summed E-state index contributed by atoms with van der Waals surface area (Å²) in [6, 6.07) is 17.1. The van der Waals surface area contributed by atoms with Crippen LogP contribution >= 0.6 is 0 Å². The van der Waals surface area contributed by atoms with Gasteiger partial charge < -0.3 is 18.9 Å². The van der Waals surface area contributed by atoms with Gasteiger partial charge in [0.2, 0.25) is 0 Å². The van der Waals surface area contributed by atoms with Crippen LogP contribution in [0, 0.1) is 0 Å². The summed E-state index contributed by atoms with van der Waals surface area (Å²) in [7, 11) is 0. The van der Waals surface area contributed by atoms with E-state index in [0.717, 1.165) is 57.5 Å². The maximum Gasteiger partial charge on any atom is 0.199 e. The number of rotatable bonds is 8. The van der Waals surface area contributed by atoms with Gasteiger partial charge >= 0.3 is 0 Å². The highest BCUT2D eigenvalue weighted by atomic mass is 16.7. The quantitative estimate of drug-likeness (QED) is 0.525. The molecule has 0 N–H and O–H groups in total. The number of aryl methyl sites for hydroxylation is 1. The van der Waals surface area contributed by atoms with Crippen LogP contribution in [-0.2, 0) is 20.6 Å². The molecule has 3 unspecified atom stereocenters. The van der Waals surface area contributed by atoms with Crippen LogP contribution in [-0.4, -0.2) is 31.9 Å². The van der Waals surface area contributed by atoms with Gasteiger partial charge in [-0.2, -0.15) is 0 Å². The third kappa shape index (κ3) is 6.31. The third-order valence-corrected chi connectivity index (χ3v) is 5.91. The monoisotopic (exact) mass is 410 g/mol. The van der Waals surface area contributed by atoms with E-state index in [1.807, 2.05) is 12.1 Å². The summed E-state index contributed by atoms with van der Waals surface area (Å²) in [4.78, 5) is 0. The van der Waals surface area contributed by atoms with E-state index in [0.29, 0.717) is 0 Å². The smallest absolute Gasteiger partial charge is 0.199 e. The number of benzene rings is 2. The molecule has 2 fully saturated rings. The zero-order valence-corrected chi connectivity index (χ0v) is 18.1. The lowest BCUT2D eigenvalue weighted by atomic mass is 10.0. The Bertz CT molecular complexity index is 744. The highest BCUT2D eigenvalue weighted by molar-refractivity contribution is 5.64. The van der Waals surface area contributed by atoms with E-state index in [1.54, 1.807) is 0 Å². The Morgan fingerprint density at radius 2 is 1.40 bits per heavy atom. The minimum Gasteiger partial charge on any atom is -0.465 e. The number of hydrogen-bond donors (Lipinski definition) is 0. The maximum absolute atomic E-state index is 6.03. The fraction of sp³-hybridized carbons (Fsp3) is 0.538. The van der Waals surface area contributed by atoms with Crippen LogP contribution in [0.4, 0.5) is 0 Å². The van der Waals surface area contributed by atoms with Crippen LogP contribution < -0.4 is 4.74 Å². The summed E-state index contributed by atoms with van der Waals surface area (Å²) in [5.74, 6) is 0.873. The molecule has 4 nitrogen and oxygen atoms in total. The molecule has 2 heterocycles. The van der Waals surface area contributed by atoms with Crippen molar-refractivity contribution in [3.8, 4) is 16.9 Å². The summed E-state index contributed by atoms with van der Waals surface area (Å²) in [6.07, 6.45) is 8.81. The Morgan fingerprint density at radius 3 is 2.00 bits per heavy atom. The minimum atomic E-state index is -0.0973. The first-order valence-electron chi connectivity index (χ1n) is 11.5. The lowest BCUT2D eigenvalue weighted by Gasteiger charge is -2.26. The number of ether oxygens (including phenoxy) is 4. The Balaban J connectivity index is 1.25. The lowest BCUT2D eigenvalue weighted by Crippen LogP contribution is -2.26. The van der Waals surface area contributed by atoms with E-state index in [-0.39, 0.29) is 18.7 Å². The van der Waals surface area contributed by atoms with E-state index in [1.165, 1.54) is 29.5 Å². The molecule has 0 spiro atoms. The average Bonchev–Trinajstić information content (AvgIpc) is 2.80. The van der Waals surface area contributed by atoms with Crippen molar-refractivity contribution in [1.82, 2.24) is 0 Å². The average molecular weight is 411 g/mol. The molecule has 0 saturated carbocycles. The molecule has 0 amide bonds. The van der Waals surface area contributed by atoms with Crippen molar-refractivity contribution >= 4 is 0 Å². The first-order valence-corrected chi connectivity index (χ1v) is 11.5. The zero-order valence-electron chi connectivity index (χ0n) is 18.1. The van der Waals surface area contributed by atoms with Gasteiger partial charge in [-0.3, -0.25) is 0 Å². The molecule has 30 heavy (non-hydrogen) atoms. The maximum atomic E-state index is 6.03. The first kappa shape index (κ1) is 21.4. The largest absolute Gasteiger partial charge is 0.465 e. The second kappa shape index (κ2) is 10.9. The molecule has 4 rings (SSSR count). The van der Waals surface area contributed by atoms with E-state index in [4.69, 9.17) is 18.9 Å². The van der Waals surface area contributed by atoms with Gasteiger partial charge in [0.1, 0.15) is 5.75 Å². The molecule has 2 aromatic rings. The van der Waals surface area contributed by atoms with E-state index < -0.39 is 0 Å². The number of hydrogen-bond acceptors (Lipinski definition) is 4. The fourth-order valence-electron chi connectivity index (χ4n) is 4.06. The SMILES string of the molecule is CC(CCc1ccc(-c2ccc(OC3CCCCO3)cc2)cc1)OC1CCCCO1. The summed E-state index contributed by atoms with van der Waals surface area (Å²) < 4.78 is 23.3. The molecule has 0 aliphatic carbocycles. The molecule has 3 atom stereocenters. The van der Waals surface area contributed by atoms with Gasteiger partial charge in [0, 0.05) is 13.0 Å². The molecule has 2 aliphatic heterocycles. The van der Waals surface area contributed by atoms with E-state index >= 15 is 0 Å². The molecule has 0 bridgehead atoms. The molecule has 2 aliphatic rings. The van der Waals surface area contributed by atoms with Crippen molar-refractivity contribution in [3.05, 3.63) is 54.1 Å². The van der Waals surface area contributed by atoms with Gasteiger partial charge in [0.25, 0.3) is 0 Å². The predicted molar refractivity (Wildman–Crippen MR) is 119 cm³/mol. The summed E-state index contributed by atoms with van der Waals surface area (Å²) in [5, 5.41) is 0. The highest BCUT2D eigenvalue weighted by Crippen LogP contribution is 2.25. The molecule has 4 heteroatoms. The lowest BCUT2D eigenvalue weighted by molar-refractivity contribution is -0.185. The van der Waals surface area contributed by atoms with Crippen LogP contribution in [0.15, 0.2) is 48.5 Å². The molecule has 0 radical (unpaired) electrons. The van der Waals surface area contributed by atoms with Crippen LogP contribution in [0.1, 0.15) is 57.4 Å². The van der Waals surface area contributed by atoms with Crippen molar-refractivity contribution in [2.45, 2.75) is 77.0 Å². The van der Waals surface area contributed by atoms with Gasteiger partial charge in [-0.1, -0.05) is 36.4 Å². The van der Waals surface area contributed by atoms with E-state index in [9.17, 15) is 0 Å². The first-order chi connectivity index (χ1) is 14.8. The second-order valence-electron chi connectivity index (χ2n) is 8.42. The summed E-state index contributed by atoms with van der Waals surface area (Å²) in [5.41, 5.74) is 3.76. The van der Waals surface area contributed by atoms with Crippen molar-refractivity contribution in [2.75, 3.05) is 13.2 Å². The summed E-state index contributed by atoms with van der Waals surface area (Å²) >= 11 is 0. The topological polar surface area (TPSA) is 36.9 Å². The molecule has 0 aromatic heterocycles. The normalized spacial score (nSPS) is 23.1. The third-order valence-electron chi connectivity index (χ3n) is 5.91. The van der Waals surface area contributed by atoms with Crippen LogP contribution in [0.25, 0.3) is 11.1 Å². The van der Waals surface area contributed by atoms with Gasteiger partial charge in [-0.15, -0.1) is 0 Å². The molecular formula is C26H34O4. The van der Waals surface area contributed by atoms with Gasteiger partial charge in [0.15, 0.2) is 12.6 Å². The Hall–Kier alpha value is -1.88. The standard InChI is InChI=1S/C26H34O4/c1-20(29-25-6-2-4-18-27-25)8-9-21-10-12-22(13-11-21)23-14-16-24(17-15-23)30-26-7-3-5-19-28-26/h10-17,20,25-26H,2-9,18-19H2,1H3. The van der Waals surface area contributed by atoms with Crippen molar-refractivity contribution in [1.29, 1.82) is 0 Å². The molecule has 162 valence electrons. The van der Waals surface area contributed by atoms with Crippen molar-refractivity contribution < 1.29 is 18.9 Å². The Labute approximate surface area is 180 Å². The second-order valence-corrected chi connectivity index (χ2v) is 8.42. The highest BCUT2D eigenvalue weighted by Gasteiger charge is 2.17. The van der Waals surface area contributed by atoms with Gasteiger partial charge in [0.05, 0.1) is 12.7 Å². The van der Waals surface area contributed by atoms with Crippen LogP contribution in [0.5, 0.6) is 5.75 Å². The molecule has 2 saturated heterocycles. The predicted octanol–water partition coefficient (Wildman–Crippen LogP) is 6.12. The minimum absolute atomic E-state index is 0.00671. The zero-order chi connectivity index (χ0) is 20.6. The fourth-order valence-corrected chi connectivity index (χ4v) is 4.06. The van der Waals surface area contributed by atoms with Gasteiger partial charge in [-0.25, -0.2) is 0 Å². The van der Waals surface area contributed by atoms with Crippen molar-refractivity contribution in [2.24, 2.45) is 0 Å². The Morgan fingerprint density at radius 1 is 0.800 bits per heavy atom. The van der Waals surface area contributed by atoms with Crippen LogP contribution in [0.3, 0.4) is 0 Å². The van der Waals surface area contributed by atoms with Crippen molar-refractivity contribution in [3.63, 3.8) is 0 Å². The van der Waals surface area contributed by atoms with Gasteiger partial charge in [-0.05, 0) is 80.7 Å².